The topological polar surface area (TPSA) is 55.8 Å². The number of halogens is 1. The van der Waals surface area contributed by atoms with Gasteiger partial charge in [-0.25, -0.2) is 4.39 Å². The van der Waals surface area contributed by atoms with Gasteiger partial charge in [0.25, 0.3) is 0 Å². The first-order valence-electron chi connectivity index (χ1n) is 5.45. The van der Waals surface area contributed by atoms with Gasteiger partial charge in [0.2, 0.25) is 0 Å². The lowest BCUT2D eigenvalue weighted by molar-refractivity contribution is -0.138. The number of methoxy groups -OCH3 is 2. The summed E-state index contributed by atoms with van der Waals surface area (Å²) >= 11 is 0. The van der Waals surface area contributed by atoms with Crippen molar-refractivity contribution in [2.45, 2.75) is 25.7 Å². The molecule has 0 aromatic heterocycles. The van der Waals surface area contributed by atoms with Gasteiger partial charge in [0.15, 0.2) is 11.5 Å². The van der Waals surface area contributed by atoms with Crippen molar-refractivity contribution in [2.75, 3.05) is 14.2 Å². The fourth-order valence-electron chi connectivity index (χ4n) is 1.85. The average molecular weight is 256 g/mol. The molecule has 0 aliphatic heterocycles. The Balaban J connectivity index is 3.28. The van der Waals surface area contributed by atoms with Gasteiger partial charge < -0.3 is 14.6 Å². The molecular formula is C13H17FO4. The second-order valence-corrected chi connectivity index (χ2v) is 4.64. The molecule has 0 aliphatic carbocycles. The molecule has 1 aromatic rings. The maximum absolute atomic E-state index is 14.0. The molecular weight excluding hydrogens is 239 g/mol. The van der Waals surface area contributed by atoms with E-state index >= 15 is 0 Å². The molecule has 100 valence electrons. The summed E-state index contributed by atoms with van der Waals surface area (Å²) in [4.78, 5) is 10.8. The van der Waals surface area contributed by atoms with Gasteiger partial charge in [0.1, 0.15) is 5.82 Å². The van der Waals surface area contributed by atoms with Gasteiger partial charge in [0, 0.05) is 11.5 Å². The van der Waals surface area contributed by atoms with E-state index in [1.807, 2.05) is 0 Å². The molecule has 0 heterocycles. The SMILES string of the molecule is COc1cc(F)c(C(C)(C)CC(=O)O)cc1OC. The zero-order chi connectivity index (χ0) is 13.9. The summed E-state index contributed by atoms with van der Waals surface area (Å²) in [5.74, 6) is -0.815. The van der Waals surface area contributed by atoms with Crippen LogP contribution in [0.4, 0.5) is 4.39 Å². The van der Waals surface area contributed by atoms with Crippen LogP contribution in [-0.4, -0.2) is 25.3 Å². The van der Waals surface area contributed by atoms with Gasteiger partial charge >= 0.3 is 5.97 Å². The molecule has 0 aliphatic rings. The Kier molecular flexibility index (Phi) is 4.16. The highest BCUT2D eigenvalue weighted by Gasteiger charge is 2.28. The summed E-state index contributed by atoms with van der Waals surface area (Å²) in [5, 5.41) is 8.85. The van der Waals surface area contributed by atoms with Crippen LogP contribution in [0.5, 0.6) is 11.5 Å². The molecule has 4 nitrogen and oxygen atoms in total. The van der Waals surface area contributed by atoms with Crippen molar-refractivity contribution >= 4 is 5.97 Å². The van der Waals surface area contributed by atoms with Gasteiger partial charge in [-0.3, -0.25) is 4.79 Å². The molecule has 1 N–H and O–H groups in total. The molecule has 0 fully saturated rings. The van der Waals surface area contributed by atoms with Crippen LogP contribution in [0.2, 0.25) is 0 Å². The van der Waals surface area contributed by atoms with E-state index in [9.17, 15) is 9.18 Å². The van der Waals surface area contributed by atoms with E-state index in [0.717, 1.165) is 0 Å². The molecule has 0 amide bonds. The molecule has 5 heteroatoms. The lowest BCUT2D eigenvalue weighted by atomic mass is 9.81. The van der Waals surface area contributed by atoms with Crippen molar-refractivity contribution in [2.24, 2.45) is 0 Å². The van der Waals surface area contributed by atoms with Crippen LogP contribution in [0, 0.1) is 5.82 Å². The minimum atomic E-state index is -0.978. The molecule has 0 saturated carbocycles. The minimum absolute atomic E-state index is 0.167. The van der Waals surface area contributed by atoms with Gasteiger partial charge in [-0.05, 0) is 11.6 Å². The zero-order valence-corrected chi connectivity index (χ0v) is 10.9. The van der Waals surface area contributed by atoms with E-state index in [0.29, 0.717) is 11.3 Å². The average Bonchev–Trinajstić information content (AvgIpc) is 2.26. The first kappa shape index (κ1) is 14.3. The van der Waals surface area contributed by atoms with Crippen molar-refractivity contribution in [3.8, 4) is 11.5 Å². The third-order valence-electron chi connectivity index (χ3n) is 2.80. The zero-order valence-electron chi connectivity index (χ0n) is 10.9. The summed E-state index contributed by atoms with van der Waals surface area (Å²) in [5.41, 5.74) is -0.530. The highest BCUT2D eigenvalue weighted by molar-refractivity contribution is 5.69. The van der Waals surface area contributed by atoms with E-state index in [2.05, 4.69) is 0 Å². The molecule has 0 unspecified atom stereocenters. The van der Waals surface area contributed by atoms with Gasteiger partial charge in [0.05, 0.1) is 20.6 Å². The Morgan fingerprint density at radius 3 is 2.22 bits per heavy atom. The van der Waals surface area contributed by atoms with Gasteiger partial charge in [-0.1, -0.05) is 13.8 Å². The summed E-state index contributed by atoms with van der Waals surface area (Å²) in [6.45, 7) is 3.34. The molecule has 0 saturated heterocycles. The predicted molar refractivity (Wildman–Crippen MR) is 64.8 cm³/mol. The van der Waals surface area contributed by atoms with Gasteiger partial charge in [-0.2, -0.15) is 0 Å². The predicted octanol–water partition coefficient (Wildman–Crippen LogP) is 2.60. The van der Waals surface area contributed by atoms with Crippen LogP contribution >= 0.6 is 0 Å². The van der Waals surface area contributed by atoms with E-state index in [-0.39, 0.29) is 12.2 Å². The number of hydrogen-bond donors (Lipinski definition) is 1. The molecule has 18 heavy (non-hydrogen) atoms. The van der Waals surface area contributed by atoms with Crippen LogP contribution in [0.3, 0.4) is 0 Å². The smallest absolute Gasteiger partial charge is 0.304 e. The molecule has 0 radical (unpaired) electrons. The first-order valence-corrected chi connectivity index (χ1v) is 5.45. The second-order valence-electron chi connectivity index (χ2n) is 4.64. The molecule has 0 bridgehead atoms. The van der Waals surface area contributed by atoms with E-state index in [4.69, 9.17) is 14.6 Å². The van der Waals surface area contributed by atoms with Crippen LogP contribution in [-0.2, 0) is 10.2 Å². The highest BCUT2D eigenvalue weighted by atomic mass is 19.1. The minimum Gasteiger partial charge on any atom is -0.493 e. The standard InChI is InChI=1S/C13H17FO4/c1-13(2,7-12(15)16)8-5-10(17-3)11(18-4)6-9(8)14/h5-6H,7H2,1-4H3,(H,15,16). The highest BCUT2D eigenvalue weighted by Crippen LogP contribution is 2.37. The van der Waals surface area contributed by atoms with Crippen molar-refractivity contribution in [1.29, 1.82) is 0 Å². The van der Waals surface area contributed by atoms with E-state index < -0.39 is 17.2 Å². The summed E-state index contributed by atoms with van der Waals surface area (Å²) in [6.07, 6.45) is -0.167. The second kappa shape index (κ2) is 5.25. The number of rotatable bonds is 5. The van der Waals surface area contributed by atoms with Crippen molar-refractivity contribution < 1.29 is 23.8 Å². The summed E-state index contributed by atoms with van der Waals surface area (Å²) < 4.78 is 24.0. The molecule has 0 spiro atoms. The number of carboxylic acids is 1. The fourth-order valence-corrected chi connectivity index (χ4v) is 1.85. The van der Waals surface area contributed by atoms with Gasteiger partial charge in [-0.15, -0.1) is 0 Å². The third kappa shape index (κ3) is 2.91. The quantitative estimate of drug-likeness (QED) is 0.879. The number of carboxylic acid groups (broad SMARTS) is 1. The Bertz CT molecular complexity index is 455. The number of hydrogen-bond acceptors (Lipinski definition) is 3. The fraction of sp³-hybridized carbons (Fsp3) is 0.462. The van der Waals surface area contributed by atoms with Crippen LogP contribution in [0.25, 0.3) is 0 Å². The Labute approximate surface area is 105 Å². The Hall–Kier alpha value is -1.78. The Morgan fingerprint density at radius 1 is 1.28 bits per heavy atom. The largest absolute Gasteiger partial charge is 0.493 e. The lowest BCUT2D eigenvalue weighted by Gasteiger charge is -2.24. The molecule has 0 atom stereocenters. The van der Waals surface area contributed by atoms with E-state index in [1.54, 1.807) is 13.8 Å². The van der Waals surface area contributed by atoms with Crippen molar-refractivity contribution in [3.05, 3.63) is 23.5 Å². The van der Waals surface area contributed by atoms with Crippen LogP contribution in [0.15, 0.2) is 12.1 Å². The number of aliphatic carboxylic acids is 1. The number of ether oxygens (including phenoxy) is 2. The molecule has 1 aromatic carbocycles. The molecule has 1 rings (SSSR count). The van der Waals surface area contributed by atoms with Crippen LogP contribution in [0.1, 0.15) is 25.8 Å². The maximum atomic E-state index is 14.0. The number of carbonyl (C=O) groups is 1. The monoisotopic (exact) mass is 256 g/mol. The summed E-state index contributed by atoms with van der Waals surface area (Å²) in [7, 11) is 2.86. The maximum Gasteiger partial charge on any atom is 0.304 e. The lowest BCUT2D eigenvalue weighted by Crippen LogP contribution is -2.23. The van der Waals surface area contributed by atoms with Crippen molar-refractivity contribution in [3.63, 3.8) is 0 Å². The summed E-state index contributed by atoms with van der Waals surface area (Å²) in [6, 6.07) is 2.69. The first-order chi connectivity index (χ1) is 8.31. The number of benzene rings is 1. The van der Waals surface area contributed by atoms with E-state index in [1.165, 1.54) is 26.4 Å². The van der Waals surface area contributed by atoms with Crippen molar-refractivity contribution in [1.82, 2.24) is 0 Å². The third-order valence-corrected chi connectivity index (χ3v) is 2.80. The van der Waals surface area contributed by atoms with Crippen LogP contribution < -0.4 is 9.47 Å². The normalized spacial score (nSPS) is 11.2. The Morgan fingerprint density at radius 2 is 1.78 bits per heavy atom.